The van der Waals surface area contributed by atoms with Gasteiger partial charge in [-0.1, -0.05) is 42.5 Å². The van der Waals surface area contributed by atoms with Crippen molar-refractivity contribution in [3.8, 4) is 0 Å². The summed E-state index contributed by atoms with van der Waals surface area (Å²) in [5, 5.41) is 4.00. The first-order valence-electron chi connectivity index (χ1n) is 9.59. The van der Waals surface area contributed by atoms with E-state index in [9.17, 15) is 4.79 Å². The lowest BCUT2D eigenvalue weighted by molar-refractivity contribution is -0.116. The van der Waals surface area contributed by atoms with Crippen molar-refractivity contribution in [3.63, 3.8) is 0 Å². The second-order valence-corrected chi connectivity index (χ2v) is 6.89. The molecule has 0 atom stereocenters. The van der Waals surface area contributed by atoms with Gasteiger partial charge in [0, 0.05) is 37.6 Å². The number of nitrogens with one attached hydrogen (secondary N) is 1. The highest BCUT2D eigenvalue weighted by Crippen LogP contribution is 2.19. The van der Waals surface area contributed by atoms with Gasteiger partial charge < -0.3 is 14.5 Å². The molecule has 0 saturated carbocycles. The third kappa shape index (κ3) is 4.68. The second-order valence-electron chi connectivity index (χ2n) is 6.89. The van der Waals surface area contributed by atoms with Gasteiger partial charge >= 0.3 is 0 Å². The topological polar surface area (TPSA) is 54.7 Å². The normalized spacial score (nSPS) is 15.3. The minimum Gasteiger partial charge on any atom is -0.457 e. The Kier molecular flexibility index (Phi) is 5.85. The van der Waals surface area contributed by atoms with Crippen LogP contribution in [0.3, 0.4) is 0 Å². The second kappa shape index (κ2) is 8.87. The summed E-state index contributed by atoms with van der Waals surface area (Å²) in [4.78, 5) is 14.6. The molecule has 28 heavy (non-hydrogen) atoms. The van der Waals surface area contributed by atoms with Crippen LogP contribution < -0.4 is 5.32 Å². The van der Waals surface area contributed by atoms with Crippen molar-refractivity contribution in [2.75, 3.05) is 26.3 Å². The fourth-order valence-electron chi connectivity index (χ4n) is 3.37. The fraction of sp³-hybridized carbons (Fsp3) is 0.261. The minimum absolute atomic E-state index is 0.137. The summed E-state index contributed by atoms with van der Waals surface area (Å²) in [7, 11) is 0. The number of furan rings is 1. The summed E-state index contributed by atoms with van der Waals surface area (Å²) < 4.78 is 11.1. The molecule has 0 aliphatic carbocycles. The van der Waals surface area contributed by atoms with Gasteiger partial charge in [-0.25, -0.2) is 0 Å². The van der Waals surface area contributed by atoms with Crippen LogP contribution >= 0.6 is 0 Å². The molecule has 0 spiro atoms. The smallest absolute Gasteiger partial charge is 0.244 e. The highest BCUT2D eigenvalue weighted by molar-refractivity contribution is 5.92. The summed E-state index contributed by atoms with van der Waals surface area (Å²) in [6.07, 6.45) is 3.22. The Bertz CT molecular complexity index is 938. The summed E-state index contributed by atoms with van der Waals surface area (Å²) in [6.45, 7) is 4.84. The maximum Gasteiger partial charge on any atom is 0.244 e. The van der Waals surface area contributed by atoms with Gasteiger partial charge in [0.25, 0.3) is 0 Å². The first kappa shape index (κ1) is 18.5. The van der Waals surface area contributed by atoms with E-state index in [1.165, 1.54) is 11.6 Å². The molecule has 1 amide bonds. The maximum atomic E-state index is 12.2. The number of hydrogen-bond acceptors (Lipinski definition) is 4. The molecule has 144 valence electrons. The molecule has 3 aromatic rings. The zero-order chi connectivity index (χ0) is 19.2. The predicted molar refractivity (Wildman–Crippen MR) is 110 cm³/mol. The molecular formula is C23H24N2O3. The Labute approximate surface area is 164 Å². The predicted octanol–water partition coefficient (Wildman–Crippen LogP) is 3.59. The van der Waals surface area contributed by atoms with Gasteiger partial charge in [-0.2, -0.15) is 0 Å². The van der Waals surface area contributed by atoms with E-state index in [2.05, 4.69) is 22.3 Å². The highest BCUT2D eigenvalue weighted by Gasteiger charge is 2.12. The Morgan fingerprint density at radius 3 is 2.61 bits per heavy atom. The van der Waals surface area contributed by atoms with Crippen LogP contribution in [0.2, 0.25) is 0 Å². The van der Waals surface area contributed by atoms with Crippen LogP contribution in [0.1, 0.15) is 16.9 Å². The van der Waals surface area contributed by atoms with Gasteiger partial charge in [-0.15, -0.1) is 0 Å². The van der Waals surface area contributed by atoms with Crippen LogP contribution in [0.25, 0.3) is 17.0 Å². The van der Waals surface area contributed by atoms with Crippen molar-refractivity contribution in [2.45, 2.75) is 13.1 Å². The number of benzene rings is 2. The molecule has 1 fully saturated rings. The monoisotopic (exact) mass is 376 g/mol. The molecule has 4 rings (SSSR count). The SMILES string of the molecule is O=C(/C=C/c1cc2ccccc2o1)NCc1ccccc1CN1CCOCC1. The van der Waals surface area contributed by atoms with Crippen molar-refractivity contribution in [2.24, 2.45) is 0 Å². The van der Waals surface area contributed by atoms with Gasteiger partial charge in [0.1, 0.15) is 11.3 Å². The maximum absolute atomic E-state index is 12.2. The third-order valence-electron chi connectivity index (χ3n) is 4.91. The molecule has 2 aromatic carbocycles. The molecule has 1 aliphatic rings. The van der Waals surface area contributed by atoms with Crippen molar-refractivity contribution in [3.05, 3.63) is 77.6 Å². The van der Waals surface area contributed by atoms with Gasteiger partial charge in [-0.05, 0) is 29.3 Å². The molecule has 0 unspecified atom stereocenters. The molecule has 5 heteroatoms. The zero-order valence-electron chi connectivity index (χ0n) is 15.8. The van der Waals surface area contributed by atoms with Crippen LogP contribution in [-0.4, -0.2) is 37.1 Å². The molecule has 1 N–H and O–H groups in total. The number of carbonyl (C=O) groups excluding carboxylic acids is 1. The van der Waals surface area contributed by atoms with E-state index in [-0.39, 0.29) is 5.91 Å². The lowest BCUT2D eigenvalue weighted by Gasteiger charge is -2.27. The Morgan fingerprint density at radius 1 is 1.04 bits per heavy atom. The summed E-state index contributed by atoms with van der Waals surface area (Å²) in [5.74, 6) is 0.533. The van der Waals surface area contributed by atoms with E-state index in [4.69, 9.17) is 9.15 Å². The Balaban J connectivity index is 1.35. The van der Waals surface area contributed by atoms with Gasteiger partial charge in [0.05, 0.1) is 13.2 Å². The number of carbonyl (C=O) groups is 1. The first-order valence-corrected chi connectivity index (χ1v) is 9.59. The summed E-state index contributed by atoms with van der Waals surface area (Å²) >= 11 is 0. The third-order valence-corrected chi connectivity index (χ3v) is 4.91. The standard InChI is InChI=1S/C23H24N2O3/c26-23(10-9-21-15-18-5-3-4-8-22(18)28-21)24-16-19-6-1-2-7-20(19)17-25-11-13-27-14-12-25/h1-10,15H,11-14,16-17H2,(H,24,26)/b10-9+. The van der Waals surface area contributed by atoms with Gasteiger partial charge in [0.15, 0.2) is 0 Å². The molecule has 1 saturated heterocycles. The van der Waals surface area contributed by atoms with E-state index in [1.54, 1.807) is 6.08 Å². The van der Waals surface area contributed by atoms with E-state index in [0.29, 0.717) is 12.3 Å². The molecular weight excluding hydrogens is 352 g/mol. The van der Waals surface area contributed by atoms with Crippen LogP contribution in [0, 0.1) is 0 Å². The number of hydrogen-bond donors (Lipinski definition) is 1. The fourth-order valence-corrected chi connectivity index (χ4v) is 3.37. The number of para-hydroxylation sites is 1. The van der Waals surface area contributed by atoms with Crippen molar-refractivity contribution >= 4 is 23.0 Å². The van der Waals surface area contributed by atoms with Gasteiger partial charge in [-0.3, -0.25) is 9.69 Å². The Morgan fingerprint density at radius 2 is 1.79 bits per heavy atom. The van der Waals surface area contributed by atoms with E-state index in [0.717, 1.165) is 49.4 Å². The number of fused-ring (bicyclic) bond motifs is 1. The van der Waals surface area contributed by atoms with Gasteiger partial charge in [0.2, 0.25) is 5.91 Å². The molecule has 0 bridgehead atoms. The quantitative estimate of drug-likeness (QED) is 0.668. The summed E-state index contributed by atoms with van der Waals surface area (Å²) in [5.41, 5.74) is 3.20. The lowest BCUT2D eigenvalue weighted by Crippen LogP contribution is -2.36. The van der Waals surface area contributed by atoms with Crippen LogP contribution in [0.15, 0.2) is 65.1 Å². The van der Waals surface area contributed by atoms with Crippen molar-refractivity contribution in [1.82, 2.24) is 10.2 Å². The summed E-state index contributed by atoms with van der Waals surface area (Å²) in [6, 6.07) is 18.0. The average molecular weight is 376 g/mol. The number of ether oxygens (including phenoxy) is 1. The molecule has 1 aromatic heterocycles. The number of amides is 1. The Hall–Kier alpha value is -2.89. The average Bonchev–Trinajstić information content (AvgIpc) is 3.15. The number of morpholine rings is 1. The van der Waals surface area contributed by atoms with Crippen LogP contribution in [0.5, 0.6) is 0 Å². The first-order chi connectivity index (χ1) is 13.8. The number of rotatable bonds is 6. The van der Waals surface area contributed by atoms with E-state index >= 15 is 0 Å². The van der Waals surface area contributed by atoms with E-state index in [1.807, 2.05) is 42.5 Å². The highest BCUT2D eigenvalue weighted by atomic mass is 16.5. The van der Waals surface area contributed by atoms with Crippen LogP contribution in [0.4, 0.5) is 0 Å². The number of nitrogens with zero attached hydrogens (tertiary/aromatic N) is 1. The molecule has 2 heterocycles. The molecule has 0 radical (unpaired) electrons. The molecule has 5 nitrogen and oxygen atoms in total. The minimum atomic E-state index is -0.137. The lowest BCUT2D eigenvalue weighted by atomic mass is 10.1. The largest absolute Gasteiger partial charge is 0.457 e. The van der Waals surface area contributed by atoms with Crippen molar-refractivity contribution in [1.29, 1.82) is 0 Å². The van der Waals surface area contributed by atoms with Crippen LogP contribution in [-0.2, 0) is 22.6 Å². The van der Waals surface area contributed by atoms with Crippen molar-refractivity contribution < 1.29 is 13.9 Å². The van der Waals surface area contributed by atoms with E-state index < -0.39 is 0 Å². The zero-order valence-corrected chi connectivity index (χ0v) is 15.8. The molecule has 1 aliphatic heterocycles.